The van der Waals surface area contributed by atoms with Crippen molar-refractivity contribution in [3.8, 4) is 0 Å². The fourth-order valence-electron chi connectivity index (χ4n) is 2.57. The summed E-state index contributed by atoms with van der Waals surface area (Å²) < 4.78 is 5.49. The highest BCUT2D eigenvalue weighted by Crippen LogP contribution is 2.26. The van der Waals surface area contributed by atoms with E-state index in [9.17, 15) is 4.79 Å². The highest BCUT2D eigenvalue weighted by Gasteiger charge is 2.29. The number of nitrogens with one attached hydrogen (secondary N) is 2. The van der Waals surface area contributed by atoms with Gasteiger partial charge in [-0.3, -0.25) is 4.79 Å². The molecule has 1 unspecified atom stereocenters. The summed E-state index contributed by atoms with van der Waals surface area (Å²) in [5.74, 6) is 0.0875. The molecule has 106 valence electrons. The number of carbonyl (C=O) groups excluding carboxylic acids is 1. The third-order valence-electron chi connectivity index (χ3n) is 3.97. The summed E-state index contributed by atoms with van der Waals surface area (Å²) in [5.41, 5.74) is 0.260. The molecule has 0 aromatic carbocycles. The normalized spacial score (nSPS) is 27.1. The molecule has 0 saturated carbocycles. The highest BCUT2D eigenvalue weighted by molar-refractivity contribution is 5.85. The molecular formula is C13H25ClN2O2. The Bertz CT molecular complexity index is 262. The molecule has 5 heteroatoms. The maximum atomic E-state index is 11.9. The van der Waals surface area contributed by atoms with Crippen LogP contribution in [0.1, 0.15) is 39.0 Å². The van der Waals surface area contributed by atoms with Crippen molar-refractivity contribution >= 4 is 18.3 Å². The standard InChI is InChI=1S/C13H24N2O2.ClH/c1-13(5-7-14-8-6-13)10-15-12(16)11-4-2-3-9-17-11;/h11,14H,2-10H2,1H3,(H,15,16);1H. The van der Waals surface area contributed by atoms with Gasteiger partial charge in [0.25, 0.3) is 0 Å². The van der Waals surface area contributed by atoms with Crippen molar-refractivity contribution < 1.29 is 9.53 Å². The predicted molar refractivity (Wildman–Crippen MR) is 74.1 cm³/mol. The van der Waals surface area contributed by atoms with Crippen LogP contribution in [0, 0.1) is 5.41 Å². The number of ether oxygens (including phenoxy) is 1. The van der Waals surface area contributed by atoms with Gasteiger partial charge in [0.1, 0.15) is 6.10 Å². The molecule has 2 aliphatic rings. The van der Waals surface area contributed by atoms with E-state index in [0.717, 1.165) is 58.3 Å². The first kappa shape index (κ1) is 15.7. The first-order valence-electron chi connectivity index (χ1n) is 6.80. The number of rotatable bonds is 3. The molecule has 2 fully saturated rings. The summed E-state index contributed by atoms with van der Waals surface area (Å²) >= 11 is 0. The van der Waals surface area contributed by atoms with E-state index in [1.807, 2.05) is 0 Å². The number of hydrogen-bond donors (Lipinski definition) is 2. The molecule has 0 bridgehead atoms. The van der Waals surface area contributed by atoms with Gasteiger partial charge in [-0.25, -0.2) is 0 Å². The van der Waals surface area contributed by atoms with Crippen LogP contribution in [0.2, 0.25) is 0 Å². The Labute approximate surface area is 116 Å². The molecule has 18 heavy (non-hydrogen) atoms. The fraction of sp³-hybridized carbons (Fsp3) is 0.923. The molecule has 4 nitrogen and oxygen atoms in total. The molecule has 1 amide bonds. The Balaban J connectivity index is 0.00000162. The average Bonchev–Trinajstić information content (AvgIpc) is 2.38. The van der Waals surface area contributed by atoms with Crippen molar-refractivity contribution in [1.29, 1.82) is 0 Å². The minimum Gasteiger partial charge on any atom is -0.368 e. The molecule has 1 atom stereocenters. The van der Waals surface area contributed by atoms with Gasteiger partial charge in [-0.15, -0.1) is 12.4 Å². The fourth-order valence-corrected chi connectivity index (χ4v) is 2.57. The second-order valence-corrected chi connectivity index (χ2v) is 5.63. The summed E-state index contributed by atoms with van der Waals surface area (Å²) in [6.07, 6.45) is 5.16. The van der Waals surface area contributed by atoms with E-state index >= 15 is 0 Å². The summed E-state index contributed by atoms with van der Waals surface area (Å²) in [6.45, 7) is 5.90. The van der Waals surface area contributed by atoms with E-state index in [1.165, 1.54) is 0 Å². The summed E-state index contributed by atoms with van der Waals surface area (Å²) in [4.78, 5) is 11.9. The van der Waals surface area contributed by atoms with Crippen molar-refractivity contribution in [1.82, 2.24) is 10.6 Å². The first-order chi connectivity index (χ1) is 8.20. The Morgan fingerprint density at radius 2 is 2.11 bits per heavy atom. The molecule has 2 rings (SSSR count). The zero-order chi connectivity index (χ0) is 12.1. The second-order valence-electron chi connectivity index (χ2n) is 5.63. The maximum Gasteiger partial charge on any atom is 0.249 e. The SMILES string of the molecule is CC1(CNC(=O)C2CCCCO2)CCNCC1.Cl. The van der Waals surface area contributed by atoms with Gasteiger partial charge in [0, 0.05) is 13.2 Å². The zero-order valence-corrected chi connectivity index (χ0v) is 12.0. The van der Waals surface area contributed by atoms with Gasteiger partial charge < -0.3 is 15.4 Å². The molecule has 2 saturated heterocycles. The number of hydrogen-bond acceptors (Lipinski definition) is 3. The van der Waals surface area contributed by atoms with Crippen molar-refractivity contribution in [2.75, 3.05) is 26.2 Å². The average molecular weight is 277 g/mol. The molecule has 2 aliphatic heterocycles. The lowest BCUT2D eigenvalue weighted by atomic mass is 9.81. The molecule has 2 N–H and O–H groups in total. The van der Waals surface area contributed by atoms with Gasteiger partial charge >= 0.3 is 0 Å². The van der Waals surface area contributed by atoms with Crippen LogP contribution in [-0.4, -0.2) is 38.3 Å². The molecule has 2 heterocycles. The van der Waals surface area contributed by atoms with Crippen LogP contribution < -0.4 is 10.6 Å². The Kier molecular flexibility index (Phi) is 6.39. The van der Waals surface area contributed by atoms with E-state index in [4.69, 9.17) is 4.74 Å². The van der Waals surface area contributed by atoms with Crippen molar-refractivity contribution in [2.45, 2.75) is 45.1 Å². The molecular weight excluding hydrogens is 252 g/mol. The monoisotopic (exact) mass is 276 g/mol. The van der Waals surface area contributed by atoms with Crippen LogP contribution in [0.4, 0.5) is 0 Å². The minimum atomic E-state index is -0.200. The van der Waals surface area contributed by atoms with Gasteiger partial charge in [0.15, 0.2) is 0 Å². The number of carbonyl (C=O) groups is 1. The molecule has 0 aromatic heterocycles. The lowest BCUT2D eigenvalue weighted by Crippen LogP contribution is -2.46. The number of piperidine rings is 1. The topological polar surface area (TPSA) is 50.4 Å². The van der Waals surface area contributed by atoms with E-state index in [1.54, 1.807) is 0 Å². The third-order valence-corrected chi connectivity index (χ3v) is 3.97. The maximum absolute atomic E-state index is 11.9. The van der Waals surface area contributed by atoms with Crippen LogP contribution in [0.15, 0.2) is 0 Å². The quantitative estimate of drug-likeness (QED) is 0.821. The van der Waals surface area contributed by atoms with Gasteiger partial charge in [-0.1, -0.05) is 6.92 Å². The van der Waals surface area contributed by atoms with Crippen LogP contribution in [-0.2, 0) is 9.53 Å². The predicted octanol–water partition coefficient (Wildman–Crippen LogP) is 1.48. The Hall–Kier alpha value is -0.320. The largest absolute Gasteiger partial charge is 0.368 e. The highest BCUT2D eigenvalue weighted by atomic mass is 35.5. The lowest BCUT2D eigenvalue weighted by molar-refractivity contribution is -0.136. The van der Waals surface area contributed by atoms with E-state index in [-0.39, 0.29) is 29.8 Å². The lowest BCUT2D eigenvalue weighted by Gasteiger charge is -2.34. The van der Waals surface area contributed by atoms with Gasteiger partial charge in [-0.05, 0) is 50.6 Å². The van der Waals surface area contributed by atoms with Crippen LogP contribution in [0.3, 0.4) is 0 Å². The summed E-state index contributed by atoms with van der Waals surface area (Å²) in [5, 5.41) is 6.42. The number of amides is 1. The van der Waals surface area contributed by atoms with Crippen molar-refractivity contribution in [3.63, 3.8) is 0 Å². The molecule has 0 spiro atoms. The smallest absolute Gasteiger partial charge is 0.249 e. The van der Waals surface area contributed by atoms with E-state index < -0.39 is 0 Å². The molecule has 0 radical (unpaired) electrons. The van der Waals surface area contributed by atoms with Crippen molar-refractivity contribution in [2.24, 2.45) is 5.41 Å². The van der Waals surface area contributed by atoms with Crippen LogP contribution in [0.5, 0.6) is 0 Å². The van der Waals surface area contributed by atoms with E-state index in [2.05, 4.69) is 17.6 Å². The summed E-state index contributed by atoms with van der Waals surface area (Å²) in [6, 6.07) is 0. The zero-order valence-electron chi connectivity index (χ0n) is 11.2. The molecule has 0 aromatic rings. The Morgan fingerprint density at radius 1 is 1.39 bits per heavy atom. The second kappa shape index (κ2) is 7.31. The summed E-state index contributed by atoms with van der Waals surface area (Å²) in [7, 11) is 0. The molecule has 0 aliphatic carbocycles. The third kappa shape index (κ3) is 4.41. The van der Waals surface area contributed by atoms with E-state index in [0.29, 0.717) is 0 Å². The van der Waals surface area contributed by atoms with Gasteiger partial charge in [0.2, 0.25) is 5.91 Å². The van der Waals surface area contributed by atoms with Crippen LogP contribution in [0.25, 0.3) is 0 Å². The minimum absolute atomic E-state index is 0. The van der Waals surface area contributed by atoms with Gasteiger partial charge in [-0.2, -0.15) is 0 Å². The van der Waals surface area contributed by atoms with Gasteiger partial charge in [0.05, 0.1) is 0 Å². The van der Waals surface area contributed by atoms with Crippen LogP contribution >= 0.6 is 12.4 Å². The first-order valence-corrected chi connectivity index (χ1v) is 6.80. The number of halogens is 1. The van der Waals surface area contributed by atoms with Crippen molar-refractivity contribution in [3.05, 3.63) is 0 Å². The Morgan fingerprint density at radius 3 is 2.72 bits per heavy atom.